The summed E-state index contributed by atoms with van der Waals surface area (Å²) in [5.74, 6) is -0.978. The number of carboxylic acid groups (broad SMARTS) is 1. The first-order valence-corrected chi connectivity index (χ1v) is 7.55. The molecular formula is C17H21N3O3. The molecule has 2 N–H and O–H groups in total. The SMILES string of the molecule is Cn1cc(CC(=O)NC(CCC(=O)O)Cc2ccccc2)cn1. The van der Waals surface area contributed by atoms with Crippen molar-refractivity contribution in [3.63, 3.8) is 0 Å². The zero-order chi connectivity index (χ0) is 16.7. The summed E-state index contributed by atoms with van der Waals surface area (Å²) >= 11 is 0. The van der Waals surface area contributed by atoms with Gasteiger partial charge in [-0.1, -0.05) is 30.3 Å². The Hall–Kier alpha value is -2.63. The Kier molecular flexibility index (Phi) is 5.91. The Balaban J connectivity index is 1.95. The highest BCUT2D eigenvalue weighted by atomic mass is 16.4. The van der Waals surface area contributed by atoms with Gasteiger partial charge in [-0.15, -0.1) is 0 Å². The fraction of sp³-hybridized carbons (Fsp3) is 0.353. The molecule has 6 heteroatoms. The van der Waals surface area contributed by atoms with Gasteiger partial charge in [-0.25, -0.2) is 0 Å². The molecule has 0 radical (unpaired) electrons. The van der Waals surface area contributed by atoms with Gasteiger partial charge in [0.2, 0.25) is 5.91 Å². The number of carbonyl (C=O) groups is 2. The molecule has 1 unspecified atom stereocenters. The molecule has 0 aliphatic heterocycles. The second-order valence-electron chi connectivity index (χ2n) is 5.59. The minimum atomic E-state index is -0.857. The molecule has 2 aromatic rings. The highest BCUT2D eigenvalue weighted by Gasteiger charge is 2.15. The van der Waals surface area contributed by atoms with E-state index in [9.17, 15) is 9.59 Å². The van der Waals surface area contributed by atoms with Gasteiger partial charge in [-0.2, -0.15) is 5.10 Å². The van der Waals surface area contributed by atoms with Crippen LogP contribution in [0.5, 0.6) is 0 Å². The molecule has 23 heavy (non-hydrogen) atoms. The summed E-state index contributed by atoms with van der Waals surface area (Å²) in [6, 6.07) is 9.54. The third-order valence-corrected chi connectivity index (χ3v) is 3.52. The largest absolute Gasteiger partial charge is 0.481 e. The number of aliphatic carboxylic acids is 1. The van der Waals surface area contributed by atoms with E-state index < -0.39 is 5.97 Å². The number of nitrogens with one attached hydrogen (secondary N) is 1. The van der Waals surface area contributed by atoms with Crippen LogP contribution in [0.4, 0.5) is 0 Å². The third-order valence-electron chi connectivity index (χ3n) is 3.52. The number of nitrogens with zero attached hydrogens (tertiary/aromatic N) is 2. The van der Waals surface area contributed by atoms with E-state index in [1.165, 1.54) is 0 Å². The van der Waals surface area contributed by atoms with Gasteiger partial charge in [-0.05, 0) is 24.0 Å². The van der Waals surface area contributed by atoms with E-state index in [1.807, 2.05) is 30.3 Å². The van der Waals surface area contributed by atoms with Crippen molar-refractivity contribution in [2.24, 2.45) is 7.05 Å². The normalized spacial score (nSPS) is 11.9. The van der Waals surface area contributed by atoms with E-state index >= 15 is 0 Å². The van der Waals surface area contributed by atoms with E-state index in [1.54, 1.807) is 24.1 Å². The number of hydrogen-bond acceptors (Lipinski definition) is 3. The predicted octanol–water partition coefficient (Wildman–Crippen LogP) is 1.55. The number of rotatable bonds is 8. The fourth-order valence-corrected chi connectivity index (χ4v) is 2.45. The summed E-state index contributed by atoms with van der Waals surface area (Å²) in [6.07, 6.45) is 4.75. The van der Waals surface area contributed by atoms with E-state index in [4.69, 9.17) is 5.11 Å². The van der Waals surface area contributed by atoms with Gasteiger partial charge in [0, 0.05) is 25.7 Å². The molecule has 1 aromatic carbocycles. The summed E-state index contributed by atoms with van der Waals surface area (Å²) in [4.78, 5) is 23.0. The number of hydrogen-bond donors (Lipinski definition) is 2. The van der Waals surface area contributed by atoms with Crippen LogP contribution in [0.25, 0.3) is 0 Å². The van der Waals surface area contributed by atoms with Crippen molar-refractivity contribution < 1.29 is 14.7 Å². The molecule has 6 nitrogen and oxygen atoms in total. The summed E-state index contributed by atoms with van der Waals surface area (Å²) in [5.41, 5.74) is 1.91. The van der Waals surface area contributed by atoms with Crippen molar-refractivity contribution in [2.75, 3.05) is 0 Å². The van der Waals surface area contributed by atoms with Crippen molar-refractivity contribution in [2.45, 2.75) is 31.7 Å². The van der Waals surface area contributed by atoms with Crippen molar-refractivity contribution in [1.29, 1.82) is 0 Å². The first-order valence-electron chi connectivity index (χ1n) is 7.55. The lowest BCUT2D eigenvalue weighted by Gasteiger charge is -2.18. The van der Waals surface area contributed by atoms with Crippen LogP contribution in [0.3, 0.4) is 0 Å². The number of amides is 1. The molecule has 122 valence electrons. The standard InChI is InChI=1S/C17H21N3O3/c1-20-12-14(11-18-20)10-16(21)19-15(7-8-17(22)23)9-13-5-3-2-4-6-13/h2-6,11-12,15H,7-10H2,1H3,(H,19,21)(H,22,23). The molecule has 1 atom stereocenters. The fourth-order valence-electron chi connectivity index (χ4n) is 2.45. The quantitative estimate of drug-likeness (QED) is 0.774. The third kappa shape index (κ3) is 5.94. The zero-order valence-electron chi connectivity index (χ0n) is 13.1. The van der Waals surface area contributed by atoms with Crippen LogP contribution in [0.1, 0.15) is 24.0 Å². The van der Waals surface area contributed by atoms with Gasteiger partial charge in [0.15, 0.2) is 0 Å². The number of carboxylic acids is 1. The molecule has 0 aliphatic carbocycles. The molecule has 0 saturated carbocycles. The van der Waals surface area contributed by atoms with Gasteiger partial charge < -0.3 is 10.4 Å². The first-order chi connectivity index (χ1) is 11.0. The highest BCUT2D eigenvalue weighted by molar-refractivity contribution is 5.78. The van der Waals surface area contributed by atoms with Gasteiger partial charge >= 0.3 is 5.97 Å². The molecular weight excluding hydrogens is 294 g/mol. The summed E-state index contributed by atoms with van der Waals surface area (Å²) < 4.78 is 1.65. The van der Waals surface area contributed by atoms with Gasteiger partial charge in [0.1, 0.15) is 0 Å². The first kappa shape index (κ1) is 16.7. The van der Waals surface area contributed by atoms with Crippen molar-refractivity contribution in [3.8, 4) is 0 Å². The van der Waals surface area contributed by atoms with E-state index in [0.717, 1.165) is 11.1 Å². The number of aryl methyl sites for hydroxylation is 1. The smallest absolute Gasteiger partial charge is 0.303 e. The second-order valence-corrected chi connectivity index (χ2v) is 5.59. The van der Waals surface area contributed by atoms with E-state index in [0.29, 0.717) is 12.8 Å². The average molecular weight is 315 g/mol. The molecule has 0 spiro atoms. The Morgan fingerprint density at radius 1 is 1.26 bits per heavy atom. The molecule has 0 bridgehead atoms. The lowest BCUT2D eigenvalue weighted by Crippen LogP contribution is -2.37. The van der Waals surface area contributed by atoms with Crippen LogP contribution >= 0.6 is 0 Å². The zero-order valence-corrected chi connectivity index (χ0v) is 13.1. The topological polar surface area (TPSA) is 84.2 Å². The van der Waals surface area contributed by atoms with Crippen LogP contribution < -0.4 is 5.32 Å². The monoisotopic (exact) mass is 315 g/mol. The molecule has 1 amide bonds. The van der Waals surface area contributed by atoms with Crippen LogP contribution in [0.15, 0.2) is 42.7 Å². The number of aromatic nitrogens is 2. The van der Waals surface area contributed by atoms with Crippen molar-refractivity contribution in [3.05, 3.63) is 53.9 Å². The second kappa shape index (κ2) is 8.12. The maximum atomic E-state index is 12.2. The van der Waals surface area contributed by atoms with E-state index in [-0.39, 0.29) is 24.8 Å². The molecule has 2 rings (SSSR count). The van der Waals surface area contributed by atoms with E-state index in [2.05, 4.69) is 10.4 Å². The average Bonchev–Trinajstić information content (AvgIpc) is 2.90. The lowest BCUT2D eigenvalue weighted by molar-refractivity contribution is -0.137. The van der Waals surface area contributed by atoms with Crippen LogP contribution in [-0.2, 0) is 29.5 Å². The van der Waals surface area contributed by atoms with Crippen molar-refractivity contribution >= 4 is 11.9 Å². The summed E-state index contributed by atoms with van der Waals surface area (Å²) in [5, 5.41) is 15.9. The molecule has 0 saturated heterocycles. The predicted molar refractivity (Wildman–Crippen MR) is 85.9 cm³/mol. The minimum Gasteiger partial charge on any atom is -0.481 e. The van der Waals surface area contributed by atoms with Gasteiger partial charge in [-0.3, -0.25) is 14.3 Å². The maximum absolute atomic E-state index is 12.2. The molecule has 0 fully saturated rings. The molecule has 1 heterocycles. The number of carbonyl (C=O) groups excluding carboxylic acids is 1. The van der Waals surface area contributed by atoms with Crippen molar-refractivity contribution in [1.82, 2.24) is 15.1 Å². The van der Waals surface area contributed by atoms with Gasteiger partial charge in [0.25, 0.3) is 0 Å². The molecule has 1 aromatic heterocycles. The lowest BCUT2D eigenvalue weighted by atomic mass is 10.0. The molecule has 0 aliphatic rings. The Bertz CT molecular complexity index is 652. The highest BCUT2D eigenvalue weighted by Crippen LogP contribution is 2.09. The maximum Gasteiger partial charge on any atom is 0.303 e. The Labute approximate surface area is 135 Å². The Morgan fingerprint density at radius 2 is 2.00 bits per heavy atom. The summed E-state index contributed by atoms with van der Waals surface area (Å²) in [7, 11) is 1.80. The van der Waals surface area contributed by atoms with Crippen LogP contribution in [-0.4, -0.2) is 32.8 Å². The summed E-state index contributed by atoms with van der Waals surface area (Å²) in [6.45, 7) is 0. The van der Waals surface area contributed by atoms with Gasteiger partial charge in [0.05, 0.1) is 12.6 Å². The van der Waals surface area contributed by atoms with Crippen LogP contribution in [0.2, 0.25) is 0 Å². The van der Waals surface area contributed by atoms with Crippen LogP contribution in [0, 0.1) is 0 Å². The Morgan fingerprint density at radius 3 is 2.61 bits per heavy atom. The minimum absolute atomic E-state index is 0.0324. The number of benzene rings is 1.